The second-order valence-corrected chi connectivity index (χ2v) is 8.45. The molecule has 1 amide bonds. The summed E-state index contributed by atoms with van der Waals surface area (Å²) in [4.78, 5) is 35.0. The first-order valence-electron chi connectivity index (χ1n) is 9.64. The van der Waals surface area contributed by atoms with Gasteiger partial charge in [-0.3, -0.25) is 4.79 Å². The third kappa shape index (κ3) is 4.38. The van der Waals surface area contributed by atoms with Crippen molar-refractivity contribution in [2.24, 2.45) is 5.41 Å². The summed E-state index contributed by atoms with van der Waals surface area (Å²) in [6.07, 6.45) is 1.92. The zero-order valence-corrected chi connectivity index (χ0v) is 16.9. The highest BCUT2D eigenvalue weighted by Crippen LogP contribution is 2.30. The quantitative estimate of drug-likeness (QED) is 0.872. The largest absolute Gasteiger partial charge is 0.478 e. The van der Waals surface area contributed by atoms with E-state index in [1.165, 1.54) is 0 Å². The fraction of sp³-hybridized carbons (Fsp3) is 0.455. The highest BCUT2D eigenvalue weighted by atomic mass is 16.4. The van der Waals surface area contributed by atoms with E-state index in [4.69, 9.17) is 0 Å². The summed E-state index contributed by atoms with van der Waals surface area (Å²) in [6, 6.07) is 8.71. The Hall–Kier alpha value is -2.76. The van der Waals surface area contributed by atoms with Crippen molar-refractivity contribution in [3.05, 3.63) is 47.4 Å². The molecular formula is C22H27N3O3. The van der Waals surface area contributed by atoms with Crippen LogP contribution >= 0.6 is 0 Å². The molecule has 2 heterocycles. The van der Waals surface area contributed by atoms with E-state index in [1.807, 2.05) is 44.7 Å². The van der Waals surface area contributed by atoms with Crippen LogP contribution in [0.1, 0.15) is 61.4 Å². The maximum atomic E-state index is 12.7. The molecule has 1 saturated heterocycles. The lowest BCUT2D eigenvalue weighted by molar-refractivity contribution is -0.140. The molecule has 0 saturated carbocycles. The van der Waals surface area contributed by atoms with Gasteiger partial charge in [0.25, 0.3) is 0 Å². The van der Waals surface area contributed by atoms with Crippen LogP contribution in [0.15, 0.2) is 30.3 Å². The van der Waals surface area contributed by atoms with Crippen LogP contribution in [0.2, 0.25) is 0 Å². The van der Waals surface area contributed by atoms with Gasteiger partial charge >= 0.3 is 5.97 Å². The molecule has 0 spiro atoms. The van der Waals surface area contributed by atoms with E-state index >= 15 is 0 Å². The van der Waals surface area contributed by atoms with Crippen molar-refractivity contribution in [2.75, 3.05) is 13.1 Å². The summed E-state index contributed by atoms with van der Waals surface area (Å²) < 4.78 is 0. The Balaban J connectivity index is 1.90. The molecule has 6 heteroatoms. The number of benzene rings is 1. The number of amides is 1. The molecule has 6 nitrogen and oxygen atoms in total. The summed E-state index contributed by atoms with van der Waals surface area (Å²) in [7, 11) is 0. The number of hydrogen-bond acceptors (Lipinski definition) is 4. The van der Waals surface area contributed by atoms with Gasteiger partial charge in [0.2, 0.25) is 5.91 Å². The van der Waals surface area contributed by atoms with E-state index in [9.17, 15) is 14.7 Å². The molecule has 1 aromatic heterocycles. The number of carboxylic acids is 1. The molecule has 1 fully saturated rings. The summed E-state index contributed by atoms with van der Waals surface area (Å²) in [5.74, 6) is 0.00415. The van der Waals surface area contributed by atoms with Crippen molar-refractivity contribution in [3.63, 3.8) is 0 Å². The van der Waals surface area contributed by atoms with Crippen molar-refractivity contribution < 1.29 is 14.7 Å². The van der Waals surface area contributed by atoms with Gasteiger partial charge in [-0.25, -0.2) is 14.8 Å². The van der Waals surface area contributed by atoms with Gasteiger partial charge in [-0.1, -0.05) is 32.9 Å². The Morgan fingerprint density at radius 1 is 1.18 bits per heavy atom. The molecule has 3 rings (SSSR count). The lowest BCUT2D eigenvalue weighted by Crippen LogP contribution is -2.44. The molecular weight excluding hydrogens is 354 g/mol. The number of aryl methyl sites for hydroxylation is 1. The number of carbonyl (C=O) groups is 2. The highest BCUT2D eigenvalue weighted by Gasteiger charge is 2.32. The molecule has 1 aromatic carbocycles. The number of piperidine rings is 1. The molecule has 0 unspecified atom stereocenters. The van der Waals surface area contributed by atoms with Crippen LogP contribution in [0.25, 0.3) is 11.3 Å². The molecule has 2 aromatic rings. The van der Waals surface area contributed by atoms with Crippen molar-refractivity contribution >= 4 is 11.9 Å². The smallest absolute Gasteiger partial charge is 0.335 e. The molecule has 148 valence electrons. The minimum absolute atomic E-state index is 0.156. The van der Waals surface area contributed by atoms with E-state index in [-0.39, 0.29) is 17.4 Å². The molecule has 0 bridgehead atoms. The average Bonchev–Trinajstić information content (AvgIpc) is 2.66. The molecule has 0 aliphatic carbocycles. The summed E-state index contributed by atoms with van der Waals surface area (Å²) in [5, 5.41) is 9.25. The van der Waals surface area contributed by atoms with Gasteiger partial charge in [-0.15, -0.1) is 0 Å². The maximum Gasteiger partial charge on any atom is 0.335 e. The van der Waals surface area contributed by atoms with E-state index in [1.54, 1.807) is 18.2 Å². The van der Waals surface area contributed by atoms with Gasteiger partial charge in [-0.05, 0) is 38.0 Å². The number of carboxylic acid groups (broad SMARTS) is 1. The third-order valence-corrected chi connectivity index (χ3v) is 5.03. The third-order valence-electron chi connectivity index (χ3n) is 5.03. The molecule has 1 N–H and O–H groups in total. The summed E-state index contributed by atoms with van der Waals surface area (Å²) in [5.41, 5.74) is 2.21. The topological polar surface area (TPSA) is 83.4 Å². The first kappa shape index (κ1) is 20.0. The SMILES string of the molecule is Cc1nc(-c2cccc(C(=O)O)c2)cc([C@@H]2CCCN(C(=O)C(C)(C)C)C2)n1. The van der Waals surface area contributed by atoms with Gasteiger partial charge in [0, 0.05) is 35.7 Å². The number of carbonyl (C=O) groups excluding carboxylic acids is 1. The zero-order valence-electron chi connectivity index (χ0n) is 16.9. The van der Waals surface area contributed by atoms with Crippen LogP contribution in [-0.4, -0.2) is 44.9 Å². The zero-order chi connectivity index (χ0) is 20.5. The molecule has 0 radical (unpaired) electrons. The van der Waals surface area contributed by atoms with E-state index in [0.29, 0.717) is 18.1 Å². The minimum Gasteiger partial charge on any atom is -0.478 e. The Bertz CT molecular complexity index is 902. The monoisotopic (exact) mass is 381 g/mol. The number of likely N-dealkylation sites (tertiary alicyclic amines) is 1. The lowest BCUT2D eigenvalue weighted by atomic mass is 9.89. The van der Waals surface area contributed by atoms with Crippen molar-refractivity contribution in [1.29, 1.82) is 0 Å². The minimum atomic E-state index is -0.962. The van der Waals surface area contributed by atoms with Crippen molar-refractivity contribution in [1.82, 2.24) is 14.9 Å². The summed E-state index contributed by atoms with van der Waals surface area (Å²) in [6.45, 7) is 9.12. The van der Waals surface area contributed by atoms with Crippen LogP contribution in [0.4, 0.5) is 0 Å². The normalized spacial score (nSPS) is 17.4. The van der Waals surface area contributed by atoms with Gasteiger partial charge in [0.15, 0.2) is 0 Å². The number of aromatic carboxylic acids is 1. The Morgan fingerprint density at radius 3 is 2.61 bits per heavy atom. The average molecular weight is 381 g/mol. The first-order chi connectivity index (χ1) is 13.1. The van der Waals surface area contributed by atoms with Crippen LogP contribution in [0, 0.1) is 12.3 Å². The van der Waals surface area contributed by atoms with Crippen LogP contribution in [-0.2, 0) is 4.79 Å². The second kappa shape index (κ2) is 7.70. The molecule has 1 aliphatic heterocycles. The Labute approximate surface area is 165 Å². The van der Waals surface area contributed by atoms with Gasteiger partial charge in [0.05, 0.1) is 11.3 Å². The number of rotatable bonds is 3. The van der Waals surface area contributed by atoms with E-state index in [0.717, 1.165) is 30.6 Å². The van der Waals surface area contributed by atoms with Crippen molar-refractivity contribution in [3.8, 4) is 11.3 Å². The summed E-state index contributed by atoms with van der Waals surface area (Å²) >= 11 is 0. The van der Waals surface area contributed by atoms with Crippen LogP contribution in [0.5, 0.6) is 0 Å². The number of hydrogen-bond donors (Lipinski definition) is 1. The molecule has 1 atom stereocenters. The van der Waals surface area contributed by atoms with Crippen LogP contribution < -0.4 is 0 Å². The fourth-order valence-corrected chi connectivity index (χ4v) is 3.64. The maximum absolute atomic E-state index is 12.7. The van der Waals surface area contributed by atoms with Gasteiger partial charge < -0.3 is 10.0 Å². The standard InChI is InChI=1S/C22H27N3O3/c1-14-23-18(15-7-5-8-16(11-15)20(26)27)12-19(24-14)17-9-6-10-25(13-17)21(28)22(2,3)4/h5,7-8,11-12,17H,6,9-10,13H2,1-4H3,(H,26,27)/t17-/m1/s1. The Morgan fingerprint density at radius 2 is 1.93 bits per heavy atom. The van der Waals surface area contributed by atoms with Crippen molar-refractivity contribution in [2.45, 2.75) is 46.5 Å². The molecule has 28 heavy (non-hydrogen) atoms. The Kier molecular flexibility index (Phi) is 5.49. The second-order valence-electron chi connectivity index (χ2n) is 8.45. The first-order valence-corrected chi connectivity index (χ1v) is 9.64. The van der Waals surface area contributed by atoms with Gasteiger partial charge in [0.1, 0.15) is 5.82 Å². The number of aromatic nitrogens is 2. The predicted octanol–water partition coefficient (Wildman–Crippen LogP) is 3.90. The van der Waals surface area contributed by atoms with Crippen LogP contribution in [0.3, 0.4) is 0 Å². The fourth-order valence-electron chi connectivity index (χ4n) is 3.64. The van der Waals surface area contributed by atoms with E-state index in [2.05, 4.69) is 9.97 Å². The predicted molar refractivity (Wildman–Crippen MR) is 107 cm³/mol. The highest BCUT2D eigenvalue weighted by molar-refractivity contribution is 5.89. The van der Waals surface area contributed by atoms with Gasteiger partial charge in [-0.2, -0.15) is 0 Å². The molecule has 1 aliphatic rings. The van der Waals surface area contributed by atoms with E-state index < -0.39 is 11.4 Å². The lowest BCUT2D eigenvalue weighted by Gasteiger charge is -2.36. The number of nitrogens with zero attached hydrogens (tertiary/aromatic N) is 3.